The van der Waals surface area contributed by atoms with Crippen molar-refractivity contribution >= 4 is 15.9 Å². The van der Waals surface area contributed by atoms with Crippen LogP contribution in [0.25, 0.3) is 0 Å². The molecule has 1 aliphatic carbocycles. The predicted octanol–water partition coefficient (Wildman–Crippen LogP) is 2.74. The second kappa shape index (κ2) is 11.1. The van der Waals surface area contributed by atoms with Gasteiger partial charge in [-0.15, -0.1) is 0 Å². The van der Waals surface area contributed by atoms with Crippen LogP contribution >= 0.6 is 0 Å². The summed E-state index contributed by atoms with van der Waals surface area (Å²) in [6.07, 6.45) is 2.88. The molecule has 32 heavy (non-hydrogen) atoms. The van der Waals surface area contributed by atoms with Gasteiger partial charge in [-0.1, -0.05) is 18.2 Å². The minimum absolute atomic E-state index is 0.00212. The quantitative estimate of drug-likeness (QED) is 0.590. The maximum Gasteiger partial charge on any atom is 0.243 e. The highest BCUT2D eigenvalue weighted by atomic mass is 32.2. The standard InChI is InChI=1S/C24H39N3O4S/c1-19(2)25-13-15-26(16-14-25)24(28)21-9-11-22(12-10-21)27(17-18-31-4)32(29,30)23-8-6-5-7-20(23)3/h5-8,19,21-22H,9-18H2,1-4H3. The van der Waals surface area contributed by atoms with Crippen LogP contribution in [0.4, 0.5) is 0 Å². The summed E-state index contributed by atoms with van der Waals surface area (Å²) in [7, 11) is -2.03. The van der Waals surface area contributed by atoms with Crippen LogP contribution in [0.15, 0.2) is 29.2 Å². The fourth-order valence-electron chi connectivity index (χ4n) is 4.98. The molecule has 1 amide bonds. The Hall–Kier alpha value is -1.48. The summed E-state index contributed by atoms with van der Waals surface area (Å²) in [5.74, 6) is 0.249. The molecule has 1 aromatic rings. The number of aryl methyl sites for hydroxylation is 1. The summed E-state index contributed by atoms with van der Waals surface area (Å²) in [6.45, 7) is 10.3. The van der Waals surface area contributed by atoms with Crippen LogP contribution in [0.3, 0.4) is 0 Å². The van der Waals surface area contributed by atoms with E-state index in [-0.39, 0.29) is 17.9 Å². The number of nitrogens with zero attached hydrogens (tertiary/aromatic N) is 3. The number of carbonyl (C=O) groups excluding carboxylic acids is 1. The van der Waals surface area contributed by atoms with Crippen LogP contribution in [0.1, 0.15) is 45.1 Å². The third-order valence-electron chi connectivity index (χ3n) is 7.01. The molecule has 1 saturated carbocycles. The number of sulfonamides is 1. The van der Waals surface area contributed by atoms with E-state index in [9.17, 15) is 13.2 Å². The topological polar surface area (TPSA) is 70.2 Å². The Morgan fingerprint density at radius 1 is 1.09 bits per heavy atom. The zero-order valence-electron chi connectivity index (χ0n) is 20.0. The molecule has 0 radical (unpaired) electrons. The minimum atomic E-state index is -3.62. The number of methoxy groups -OCH3 is 1. The number of hydrogen-bond acceptors (Lipinski definition) is 5. The van der Waals surface area contributed by atoms with E-state index >= 15 is 0 Å². The number of ether oxygens (including phenoxy) is 1. The molecule has 1 saturated heterocycles. The average Bonchev–Trinajstić information content (AvgIpc) is 2.79. The van der Waals surface area contributed by atoms with Gasteiger partial charge in [0.25, 0.3) is 0 Å². The average molecular weight is 466 g/mol. The summed E-state index contributed by atoms with van der Waals surface area (Å²) >= 11 is 0. The lowest BCUT2D eigenvalue weighted by Crippen LogP contribution is -2.52. The van der Waals surface area contributed by atoms with Crippen molar-refractivity contribution in [2.45, 2.75) is 63.4 Å². The Morgan fingerprint density at radius 2 is 1.72 bits per heavy atom. The molecule has 1 aliphatic heterocycles. The Labute approximate surface area is 193 Å². The molecular weight excluding hydrogens is 426 g/mol. The Morgan fingerprint density at radius 3 is 2.28 bits per heavy atom. The van der Waals surface area contributed by atoms with Gasteiger partial charge >= 0.3 is 0 Å². The molecule has 2 fully saturated rings. The minimum Gasteiger partial charge on any atom is -0.383 e. The van der Waals surface area contributed by atoms with Crippen LogP contribution in [0, 0.1) is 12.8 Å². The smallest absolute Gasteiger partial charge is 0.243 e. The maximum absolute atomic E-state index is 13.5. The van der Waals surface area contributed by atoms with Gasteiger partial charge in [0.2, 0.25) is 15.9 Å². The first kappa shape index (κ1) is 25.1. The zero-order chi connectivity index (χ0) is 23.3. The van der Waals surface area contributed by atoms with Crippen LogP contribution in [-0.4, -0.2) is 87.0 Å². The monoisotopic (exact) mass is 465 g/mol. The summed E-state index contributed by atoms with van der Waals surface area (Å²) in [5, 5.41) is 0. The van der Waals surface area contributed by atoms with Gasteiger partial charge in [-0.3, -0.25) is 9.69 Å². The molecule has 0 unspecified atom stereocenters. The van der Waals surface area contributed by atoms with Gasteiger partial charge in [-0.25, -0.2) is 8.42 Å². The van der Waals surface area contributed by atoms with E-state index in [1.165, 1.54) is 0 Å². The van der Waals surface area contributed by atoms with Crippen molar-refractivity contribution in [1.82, 2.24) is 14.1 Å². The first-order chi connectivity index (χ1) is 15.3. The summed E-state index contributed by atoms with van der Waals surface area (Å²) in [5.41, 5.74) is 0.749. The summed E-state index contributed by atoms with van der Waals surface area (Å²) < 4.78 is 33.8. The van der Waals surface area contributed by atoms with Gasteiger partial charge in [-0.05, 0) is 58.1 Å². The van der Waals surface area contributed by atoms with Crippen molar-refractivity contribution in [2.24, 2.45) is 5.92 Å². The SMILES string of the molecule is COCCN(C1CCC(C(=O)N2CCN(C(C)C)CC2)CC1)S(=O)(=O)c1ccccc1C. The first-order valence-electron chi connectivity index (χ1n) is 11.8. The van der Waals surface area contributed by atoms with Gasteiger partial charge in [-0.2, -0.15) is 4.31 Å². The number of piperazine rings is 1. The third-order valence-corrected chi connectivity index (χ3v) is 9.12. The van der Waals surface area contributed by atoms with Crippen LogP contribution in [0.5, 0.6) is 0 Å². The van der Waals surface area contributed by atoms with E-state index in [0.717, 1.165) is 44.6 Å². The van der Waals surface area contributed by atoms with E-state index < -0.39 is 10.0 Å². The first-order valence-corrected chi connectivity index (χ1v) is 13.3. The van der Waals surface area contributed by atoms with Gasteiger partial charge < -0.3 is 9.64 Å². The van der Waals surface area contributed by atoms with E-state index in [1.807, 2.05) is 24.0 Å². The van der Waals surface area contributed by atoms with E-state index in [0.29, 0.717) is 36.9 Å². The molecular formula is C24H39N3O4S. The molecule has 8 heteroatoms. The van der Waals surface area contributed by atoms with Crippen LogP contribution in [0.2, 0.25) is 0 Å². The van der Waals surface area contributed by atoms with E-state index in [4.69, 9.17) is 4.74 Å². The molecule has 0 spiro atoms. The van der Waals surface area contributed by atoms with Crippen molar-refractivity contribution in [2.75, 3.05) is 46.4 Å². The fourth-order valence-corrected chi connectivity index (χ4v) is 6.88. The van der Waals surface area contributed by atoms with E-state index in [2.05, 4.69) is 18.7 Å². The normalized spacial score (nSPS) is 23.1. The molecule has 0 bridgehead atoms. The number of hydrogen-bond donors (Lipinski definition) is 0. The second-order valence-corrected chi connectivity index (χ2v) is 11.2. The van der Waals surface area contributed by atoms with Crippen LogP contribution < -0.4 is 0 Å². The molecule has 0 aromatic heterocycles. The highest BCUT2D eigenvalue weighted by molar-refractivity contribution is 7.89. The molecule has 3 rings (SSSR count). The largest absolute Gasteiger partial charge is 0.383 e. The van der Waals surface area contributed by atoms with Crippen molar-refractivity contribution in [1.29, 1.82) is 0 Å². The molecule has 2 aliphatic rings. The molecule has 0 atom stereocenters. The molecule has 1 aromatic carbocycles. The number of rotatable bonds is 8. The second-order valence-electron chi connectivity index (χ2n) is 9.33. The summed E-state index contributed by atoms with van der Waals surface area (Å²) in [4.78, 5) is 17.9. The van der Waals surface area contributed by atoms with Crippen molar-refractivity contribution in [3.05, 3.63) is 29.8 Å². The zero-order valence-corrected chi connectivity index (χ0v) is 20.8. The van der Waals surface area contributed by atoms with Crippen molar-refractivity contribution in [3.63, 3.8) is 0 Å². The lowest BCUT2D eigenvalue weighted by molar-refractivity contribution is -0.138. The van der Waals surface area contributed by atoms with Crippen LogP contribution in [-0.2, 0) is 19.6 Å². The highest BCUT2D eigenvalue weighted by Crippen LogP contribution is 2.32. The van der Waals surface area contributed by atoms with Crippen molar-refractivity contribution in [3.8, 4) is 0 Å². The third kappa shape index (κ3) is 5.71. The summed E-state index contributed by atoms with van der Waals surface area (Å²) in [6, 6.07) is 7.54. The predicted molar refractivity (Wildman–Crippen MR) is 126 cm³/mol. The molecule has 7 nitrogen and oxygen atoms in total. The Balaban J connectivity index is 1.64. The van der Waals surface area contributed by atoms with E-state index in [1.54, 1.807) is 23.5 Å². The van der Waals surface area contributed by atoms with Gasteiger partial charge in [0.05, 0.1) is 11.5 Å². The maximum atomic E-state index is 13.5. The Kier molecular flexibility index (Phi) is 8.72. The van der Waals surface area contributed by atoms with Gasteiger partial charge in [0, 0.05) is 57.8 Å². The molecule has 180 valence electrons. The highest BCUT2D eigenvalue weighted by Gasteiger charge is 2.37. The fraction of sp³-hybridized carbons (Fsp3) is 0.708. The van der Waals surface area contributed by atoms with Gasteiger partial charge in [0.1, 0.15) is 0 Å². The van der Waals surface area contributed by atoms with Crippen molar-refractivity contribution < 1.29 is 17.9 Å². The number of carbonyl (C=O) groups is 1. The number of amides is 1. The lowest BCUT2D eigenvalue weighted by Gasteiger charge is -2.40. The van der Waals surface area contributed by atoms with Gasteiger partial charge in [0.15, 0.2) is 0 Å². The lowest BCUT2D eigenvalue weighted by atomic mass is 9.85. The molecule has 0 N–H and O–H groups in total. The number of benzene rings is 1. The molecule has 1 heterocycles. The Bertz CT molecular complexity index is 858.